The van der Waals surface area contributed by atoms with Crippen molar-refractivity contribution in [3.63, 3.8) is 0 Å². The predicted octanol–water partition coefficient (Wildman–Crippen LogP) is 6.81. The molecule has 0 unspecified atom stereocenters. The number of hydrogen-bond acceptors (Lipinski definition) is 7. The van der Waals surface area contributed by atoms with Crippen molar-refractivity contribution in [1.29, 1.82) is 5.26 Å². The van der Waals surface area contributed by atoms with Crippen molar-refractivity contribution in [3.05, 3.63) is 77.7 Å². The topological polar surface area (TPSA) is 75.0 Å². The smallest absolute Gasteiger partial charge is 0.234 e. The molecule has 2 heterocycles. The number of rotatable bonds is 8. The van der Waals surface area contributed by atoms with Gasteiger partial charge in [0.2, 0.25) is 5.91 Å². The van der Waals surface area contributed by atoms with Gasteiger partial charge in [0.05, 0.1) is 24.1 Å². The van der Waals surface area contributed by atoms with Crippen LogP contribution in [0.25, 0.3) is 21.7 Å². The normalized spacial score (nSPS) is 10.5. The van der Waals surface area contributed by atoms with Crippen LogP contribution in [0.3, 0.4) is 0 Å². The van der Waals surface area contributed by atoms with E-state index in [1.54, 1.807) is 30.2 Å². The zero-order chi connectivity index (χ0) is 23.9. The third-order valence-electron chi connectivity index (χ3n) is 4.98. The van der Waals surface area contributed by atoms with Gasteiger partial charge in [-0.2, -0.15) is 5.26 Å². The summed E-state index contributed by atoms with van der Waals surface area (Å²) >= 11 is 4.48. The van der Waals surface area contributed by atoms with Crippen LogP contribution in [-0.2, 0) is 4.79 Å². The lowest BCUT2D eigenvalue weighted by atomic mass is 10.0. The van der Waals surface area contributed by atoms with Gasteiger partial charge in [0.25, 0.3) is 0 Å². The first-order chi connectivity index (χ1) is 16.6. The molecular weight excluding hydrogens is 483 g/mol. The summed E-state index contributed by atoms with van der Waals surface area (Å²) < 4.78 is 5.26. The van der Waals surface area contributed by atoms with Gasteiger partial charge in [0.15, 0.2) is 0 Å². The molecule has 1 amide bonds. The van der Waals surface area contributed by atoms with Crippen LogP contribution in [-0.4, -0.2) is 30.0 Å². The number of thiophene rings is 1. The fourth-order valence-electron chi connectivity index (χ4n) is 3.28. The first kappa shape index (κ1) is 23.9. The van der Waals surface area contributed by atoms with Crippen LogP contribution >= 0.6 is 34.9 Å². The SMILES string of the molecule is COc1ccc(-c2cc(-c3cccs3)c(C#N)c(SCC(=O)Nc3ccc(SC)cc3)n2)cc1. The minimum absolute atomic E-state index is 0.141. The summed E-state index contributed by atoms with van der Waals surface area (Å²) in [7, 11) is 1.63. The number of ether oxygens (including phenoxy) is 1. The number of benzene rings is 2. The lowest BCUT2D eigenvalue weighted by Crippen LogP contribution is -2.14. The average Bonchev–Trinajstić information content (AvgIpc) is 3.42. The average molecular weight is 504 g/mol. The Balaban J connectivity index is 1.62. The van der Waals surface area contributed by atoms with Gasteiger partial charge >= 0.3 is 0 Å². The molecule has 0 radical (unpaired) electrons. The standard InChI is InChI=1S/C26H21N3O2S3/c1-31-19-9-5-17(6-10-19)23-14-21(24-4-3-13-33-24)22(15-27)26(29-23)34-16-25(30)28-18-7-11-20(32-2)12-8-18/h3-14H,16H2,1-2H3,(H,28,30). The third kappa shape index (κ3) is 5.62. The van der Waals surface area contributed by atoms with E-state index in [1.807, 2.05) is 78.4 Å². The highest BCUT2D eigenvalue weighted by atomic mass is 32.2. The number of nitriles is 1. The zero-order valence-electron chi connectivity index (χ0n) is 18.6. The highest BCUT2D eigenvalue weighted by molar-refractivity contribution is 8.00. The molecule has 0 fully saturated rings. The molecule has 170 valence electrons. The number of nitrogens with one attached hydrogen (secondary N) is 1. The number of hydrogen-bond donors (Lipinski definition) is 1. The third-order valence-corrected chi connectivity index (χ3v) is 7.61. The largest absolute Gasteiger partial charge is 0.497 e. The number of amides is 1. The van der Waals surface area contributed by atoms with E-state index in [0.717, 1.165) is 38.0 Å². The summed E-state index contributed by atoms with van der Waals surface area (Å²) in [6, 6.07) is 23.5. The molecule has 0 atom stereocenters. The van der Waals surface area contributed by atoms with Crippen molar-refractivity contribution in [3.8, 4) is 33.5 Å². The van der Waals surface area contributed by atoms with Gasteiger partial charge in [-0.1, -0.05) is 17.8 Å². The highest BCUT2D eigenvalue weighted by Gasteiger charge is 2.18. The molecular formula is C26H21N3O2S3. The molecule has 0 saturated heterocycles. The Bertz CT molecular complexity index is 1310. The lowest BCUT2D eigenvalue weighted by Gasteiger charge is -2.12. The number of nitrogens with zero attached hydrogens (tertiary/aromatic N) is 2. The van der Waals surface area contributed by atoms with Crippen molar-refractivity contribution in [2.45, 2.75) is 9.92 Å². The summed E-state index contributed by atoms with van der Waals surface area (Å²) in [6.45, 7) is 0. The van der Waals surface area contributed by atoms with E-state index >= 15 is 0 Å². The molecule has 0 aliphatic rings. The van der Waals surface area contributed by atoms with Crippen molar-refractivity contribution < 1.29 is 9.53 Å². The molecule has 0 bridgehead atoms. The summed E-state index contributed by atoms with van der Waals surface area (Å²) in [5.74, 6) is 0.745. The number of pyridine rings is 1. The van der Waals surface area contributed by atoms with E-state index in [2.05, 4.69) is 11.4 Å². The highest BCUT2D eigenvalue weighted by Crippen LogP contribution is 2.36. The van der Waals surface area contributed by atoms with E-state index in [4.69, 9.17) is 9.72 Å². The number of thioether (sulfide) groups is 2. The first-order valence-electron chi connectivity index (χ1n) is 10.3. The van der Waals surface area contributed by atoms with Crippen molar-refractivity contribution in [1.82, 2.24) is 4.98 Å². The second-order valence-corrected chi connectivity index (χ2v) is 9.91. The van der Waals surface area contributed by atoms with Gasteiger partial charge in [0.1, 0.15) is 16.8 Å². The predicted molar refractivity (Wildman–Crippen MR) is 142 cm³/mol. The summed E-state index contributed by atoms with van der Waals surface area (Å²) in [5.41, 5.74) is 3.67. The molecule has 0 spiro atoms. The van der Waals surface area contributed by atoms with Crippen molar-refractivity contribution in [2.75, 3.05) is 24.4 Å². The molecule has 4 aromatic rings. The number of aromatic nitrogens is 1. The molecule has 4 rings (SSSR count). The minimum Gasteiger partial charge on any atom is -0.497 e. The van der Waals surface area contributed by atoms with Gasteiger partial charge < -0.3 is 10.1 Å². The molecule has 0 saturated carbocycles. The molecule has 0 aliphatic heterocycles. The fraction of sp³-hybridized carbons (Fsp3) is 0.115. The number of carbonyl (C=O) groups is 1. The minimum atomic E-state index is -0.153. The molecule has 5 nitrogen and oxygen atoms in total. The lowest BCUT2D eigenvalue weighted by molar-refractivity contribution is -0.113. The summed E-state index contributed by atoms with van der Waals surface area (Å²) in [4.78, 5) is 19.5. The number of carbonyl (C=O) groups excluding carboxylic acids is 1. The molecule has 2 aromatic heterocycles. The second-order valence-electron chi connectivity index (χ2n) is 7.12. The van der Waals surface area contributed by atoms with E-state index in [9.17, 15) is 10.1 Å². The number of anilines is 1. The Hall–Kier alpha value is -3.25. The Labute approximate surface area is 211 Å². The van der Waals surface area contributed by atoms with Crippen LogP contribution in [0.2, 0.25) is 0 Å². The van der Waals surface area contributed by atoms with Crippen LogP contribution in [0.5, 0.6) is 5.75 Å². The quantitative estimate of drug-likeness (QED) is 0.266. The maximum atomic E-state index is 12.6. The van der Waals surface area contributed by atoms with Crippen molar-refractivity contribution >= 4 is 46.5 Å². The van der Waals surface area contributed by atoms with Crippen LogP contribution in [0.1, 0.15) is 5.56 Å². The molecule has 2 aromatic carbocycles. The van der Waals surface area contributed by atoms with Gasteiger partial charge in [-0.05, 0) is 72.3 Å². The Morgan fingerprint density at radius 2 is 1.91 bits per heavy atom. The van der Waals surface area contributed by atoms with Crippen LogP contribution < -0.4 is 10.1 Å². The van der Waals surface area contributed by atoms with Crippen LogP contribution in [0.4, 0.5) is 5.69 Å². The molecule has 34 heavy (non-hydrogen) atoms. The molecule has 8 heteroatoms. The van der Waals surface area contributed by atoms with Crippen LogP contribution in [0.15, 0.2) is 82.0 Å². The zero-order valence-corrected chi connectivity index (χ0v) is 21.0. The Kier molecular flexibility index (Phi) is 7.91. The van der Waals surface area contributed by atoms with E-state index in [0.29, 0.717) is 10.6 Å². The van der Waals surface area contributed by atoms with E-state index in [-0.39, 0.29) is 11.7 Å². The van der Waals surface area contributed by atoms with E-state index in [1.165, 1.54) is 11.8 Å². The van der Waals surface area contributed by atoms with Crippen LogP contribution in [0, 0.1) is 11.3 Å². The molecule has 0 aliphatic carbocycles. The van der Waals surface area contributed by atoms with E-state index < -0.39 is 0 Å². The summed E-state index contributed by atoms with van der Waals surface area (Å²) in [5, 5.41) is 15.4. The van der Waals surface area contributed by atoms with Gasteiger partial charge in [-0.3, -0.25) is 4.79 Å². The second kappa shape index (κ2) is 11.3. The maximum absolute atomic E-state index is 12.6. The maximum Gasteiger partial charge on any atom is 0.234 e. The Morgan fingerprint density at radius 1 is 1.15 bits per heavy atom. The van der Waals surface area contributed by atoms with Crippen molar-refractivity contribution in [2.24, 2.45) is 0 Å². The monoisotopic (exact) mass is 503 g/mol. The first-order valence-corrected chi connectivity index (χ1v) is 13.4. The number of methoxy groups -OCH3 is 1. The van der Waals surface area contributed by atoms with Gasteiger partial charge in [-0.15, -0.1) is 23.1 Å². The molecule has 1 N–H and O–H groups in total. The fourth-order valence-corrected chi connectivity index (χ4v) is 5.24. The van der Waals surface area contributed by atoms with Gasteiger partial charge in [0, 0.05) is 26.6 Å². The summed E-state index contributed by atoms with van der Waals surface area (Å²) in [6.07, 6.45) is 2.01. The Morgan fingerprint density at radius 3 is 2.53 bits per heavy atom. The van der Waals surface area contributed by atoms with Gasteiger partial charge in [-0.25, -0.2) is 4.98 Å².